The molecule has 0 saturated carbocycles. The zero-order chi connectivity index (χ0) is 19.8. The number of aliphatic hydroxyl groups excluding tert-OH is 2. The van der Waals surface area contributed by atoms with Gasteiger partial charge in [0.1, 0.15) is 18.5 Å². The van der Waals surface area contributed by atoms with Gasteiger partial charge in [0.15, 0.2) is 12.3 Å². The normalized spacial score (nSPS) is 31.8. The number of alkyl halides is 2. The summed E-state index contributed by atoms with van der Waals surface area (Å²) in [5, 5.41) is 19.6. The zero-order valence-electron chi connectivity index (χ0n) is 13.9. The van der Waals surface area contributed by atoms with E-state index in [1.807, 2.05) is 0 Å². The fraction of sp³-hybridized carbons (Fsp3) is 0.692. The van der Waals surface area contributed by atoms with Crippen molar-refractivity contribution in [3.05, 3.63) is 22.7 Å². The van der Waals surface area contributed by atoms with E-state index in [0.29, 0.717) is 4.57 Å². The average Bonchev–Trinajstić information content (AvgIpc) is 2.83. The van der Waals surface area contributed by atoms with E-state index in [2.05, 4.69) is 4.98 Å². The van der Waals surface area contributed by atoms with Crippen molar-refractivity contribution in [2.75, 3.05) is 32.1 Å². The largest absolute Gasteiger partial charge is 0.618 e. The third kappa shape index (κ3) is 3.99. The van der Waals surface area contributed by atoms with E-state index in [0.717, 1.165) is 16.9 Å². The molecule has 0 aliphatic carbocycles. The van der Waals surface area contributed by atoms with Gasteiger partial charge in [-0.15, -0.1) is 4.52 Å². The maximum Gasteiger partial charge on any atom is 0.618 e. The minimum absolute atomic E-state index is 0.0693. The van der Waals surface area contributed by atoms with Gasteiger partial charge < -0.3 is 25.4 Å². The lowest BCUT2D eigenvalue weighted by atomic mass is 10.1. The van der Waals surface area contributed by atoms with Crippen molar-refractivity contribution in [2.45, 2.75) is 30.6 Å². The lowest BCUT2D eigenvalue weighted by molar-refractivity contribution is -0.140. The first-order valence-electron chi connectivity index (χ1n) is 7.90. The fourth-order valence-electron chi connectivity index (χ4n) is 2.69. The molecule has 2 aliphatic heterocycles. The summed E-state index contributed by atoms with van der Waals surface area (Å²) in [4.78, 5) is 15.1. The van der Waals surface area contributed by atoms with Crippen molar-refractivity contribution in [2.24, 2.45) is 0 Å². The molecule has 0 radical (unpaired) electrons. The van der Waals surface area contributed by atoms with Crippen molar-refractivity contribution in [3.63, 3.8) is 0 Å². The Balaban J connectivity index is 1.68. The SMILES string of the molecule is Nc1ccn([C@@H]2O[C@H](CO[P+](=O)N3CCOCC3O)[C@@H](O)C2(F)F)c(=O)n1. The second-order valence-electron chi connectivity index (χ2n) is 5.94. The second kappa shape index (κ2) is 7.80. The number of aromatic nitrogens is 2. The summed E-state index contributed by atoms with van der Waals surface area (Å²) < 4.78 is 57.5. The van der Waals surface area contributed by atoms with E-state index in [9.17, 15) is 28.4 Å². The Bertz CT molecular complexity index is 766. The van der Waals surface area contributed by atoms with Crippen molar-refractivity contribution in [1.29, 1.82) is 0 Å². The van der Waals surface area contributed by atoms with E-state index < -0.39 is 51.1 Å². The van der Waals surface area contributed by atoms with Gasteiger partial charge in [0.25, 0.3) is 0 Å². The van der Waals surface area contributed by atoms with E-state index in [1.54, 1.807) is 0 Å². The van der Waals surface area contributed by atoms with Crippen LogP contribution < -0.4 is 11.4 Å². The lowest BCUT2D eigenvalue weighted by Gasteiger charge is -2.22. The molecule has 3 heterocycles. The first-order valence-corrected chi connectivity index (χ1v) is 9.03. The van der Waals surface area contributed by atoms with Crippen LogP contribution in [0, 0.1) is 0 Å². The molecule has 4 N–H and O–H groups in total. The molecule has 14 heteroatoms. The number of nitrogen functional groups attached to an aromatic ring is 1. The van der Waals surface area contributed by atoms with Gasteiger partial charge in [-0.2, -0.15) is 13.8 Å². The minimum Gasteiger partial charge on any atom is -0.384 e. The van der Waals surface area contributed by atoms with Crippen molar-refractivity contribution < 1.29 is 37.6 Å². The minimum atomic E-state index is -3.83. The monoisotopic (exact) mass is 411 g/mol. The molecule has 2 fully saturated rings. The summed E-state index contributed by atoms with van der Waals surface area (Å²) in [6, 6.07) is 1.13. The molecule has 11 nitrogen and oxygen atoms in total. The maximum absolute atomic E-state index is 14.4. The van der Waals surface area contributed by atoms with Gasteiger partial charge in [0, 0.05) is 6.20 Å². The van der Waals surface area contributed by atoms with Crippen LogP contribution in [0.25, 0.3) is 0 Å². The average molecular weight is 411 g/mol. The molecule has 2 saturated heterocycles. The van der Waals surface area contributed by atoms with Gasteiger partial charge in [-0.1, -0.05) is 0 Å². The highest BCUT2D eigenvalue weighted by molar-refractivity contribution is 7.36. The van der Waals surface area contributed by atoms with Crippen LogP contribution in [0.3, 0.4) is 0 Å². The summed E-state index contributed by atoms with van der Waals surface area (Å²) in [6.07, 6.45) is -6.19. The molecule has 2 unspecified atom stereocenters. The molecule has 0 bridgehead atoms. The van der Waals surface area contributed by atoms with Gasteiger partial charge in [-0.25, -0.2) is 4.79 Å². The van der Waals surface area contributed by atoms with Crippen molar-refractivity contribution in [1.82, 2.24) is 14.2 Å². The number of rotatable bonds is 5. The van der Waals surface area contributed by atoms with E-state index in [4.69, 9.17) is 19.7 Å². The van der Waals surface area contributed by atoms with Crippen molar-refractivity contribution >= 4 is 14.0 Å². The Morgan fingerprint density at radius 3 is 2.89 bits per heavy atom. The molecule has 0 amide bonds. The highest BCUT2D eigenvalue weighted by atomic mass is 31.1. The molecular weight excluding hydrogens is 393 g/mol. The number of hydrogen-bond acceptors (Lipinski definition) is 9. The van der Waals surface area contributed by atoms with Crippen LogP contribution in [0.5, 0.6) is 0 Å². The van der Waals surface area contributed by atoms with Crippen LogP contribution in [0.15, 0.2) is 17.1 Å². The van der Waals surface area contributed by atoms with Gasteiger partial charge in [-0.05, 0) is 15.3 Å². The highest BCUT2D eigenvalue weighted by Gasteiger charge is 2.60. The van der Waals surface area contributed by atoms with Gasteiger partial charge in [-0.3, -0.25) is 4.57 Å². The van der Waals surface area contributed by atoms with E-state index in [1.165, 1.54) is 0 Å². The lowest BCUT2D eigenvalue weighted by Crippen LogP contribution is -2.42. The predicted octanol–water partition coefficient (Wildman–Crippen LogP) is -0.956. The summed E-state index contributed by atoms with van der Waals surface area (Å²) in [7, 11) is -2.56. The molecule has 0 aromatic carbocycles. The van der Waals surface area contributed by atoms with Gasteiger partial charge in [0.05, 0.1) is 19.8 Å². The van der Waals surface area contributed by atoms with Crippen LogP contribution in [-0.4, -0.2) is 75.2 Å². The molecule has 0 spiro atoms. The number of halogens is 2. The molecule has 1 aromatic heterocycles. The van der Waals surface area contributed by atoms with Crippen LogP contribution >= 0.6 is 8.18 Å². The Kier molecular flexibility index (Phi) is 5.82. The molecule has 27 heavy (non-hydrogen) atoms. The fourth-order valence-corrected chi connectivity index (χ4v) is 3.65. The molecular formula is C13H18F2N4O7P+. The summed E-state index contributed by atoms with van der Waals surface area (Å²) in [5.74, 6) is -3.99. The smallest absolute Gasteiger partial charge is 0.384 e. The third-order valence-electron chi connectivity index (χ3n) is 4.12. The Morgan fingerprint density at radius 2 is 2.22 bits per heavy atom. The molecule has 5 atom stereocenters. The summed E-state index contributed by atoms with van der Waals surface area (Å²) >= 11 is 0. The number of morpholine rings is 1. The molecule has 2 aliphatic rings. The Labute approximate surface area is 152 Å². The predicted molar refractivity (Wildman–Crippen MR) is 84.9 cm³/mol. The van der Waals surface area contributed by atoms with E-state index in [-0.39, 0.29) is 25.6 Å². The summed E-state index contributed by atoms with van der Waals surface area (Å²) in [6.45, 7) is -0.378. The second-order valence-corrected chi connectivity index (χ2v) is 7.19. The van der Waals surface area contributed by atoms with Crippen molar-refractivity contribution in [3.8, 4) is 0 Å². The number of anilines is 1. The zero-order valence-corrected chi connectivity index (χ0v) is 14.7. The first-order chi connectivity index (χ1) is 12.7. The number of ether oxygens (including phenoxy) is 2. The van der Waals surface area contributed by atoms with Gasteiger partial charge in [0.2, 0.25) is 6.23 Å². The molecule has 3 rings (SSSR count). The quantitative estimate of drug-likeness (QED) is 0.517. The third-order valence-corrected chi connectivity index (χ3v) is 5.37. The number of aliphatic hydroxyl groups is 2. The first kappa shape index (κ1) is 20.1. The van der Waals surface area contributed by atoms with Crippen LogP contribution in [0.4, 0.5) is 14.6 Å². The standard InChI is InChI=1S/C13H17F2N4O7P/c14-13(15)10(21)7(5-25-27(23)19-3-4-24-6-9(19)20)26-11(13)18-2-1-8(16)17-12(18)22/h1-2,7,9-11,20-21H,3-6H2,(H-,16,17,22)/p+1/t7-,9?,10-,11-/m1/s1. The molecule has 150 valence electrons. The van der Waals surface area contributed by atoms with Crippen LogP contribution in [-0.2, 0) is 18.6 Å². The number of hydrogen-bond donors (Lipinski definition) is 3. The maximum atomic E-state index is 14.4. The number of nitrogens with zero attached hydrogens (tertiary/aromatic N) is 3. The molecule has 1 aromatic rings. The number of nitrogens with two attached hydrogens (primary N) is 1. The summed E-state index contributed by atoms with van der Waals surface area (Å²) in [5.41, 5.74) is 4.25. The Morgan fingerprint density at radius 1 is 1.48 bits per heavy atom. The highest BCUT2D eigenvalue weighted by Crippen LogP contribution is 2.43. The Hall–Kier alpha value is -1.60. The topological polar surface area (TPSA) is 149 Å². The van der Waals surface area contributed by atoms with Crippen LogP contribution in [0.2, 0.25) is 0 Å². The van der Waals surface area contributed by atoms with Crippen LogP contribution in [0.1, 0.15) is 6.23 Å². The van der Waals surface area contributed by atoms with E-state index >= 15 is 0 Å². The van der Waals surface area contributed by atoms with Gasteiger partial charge >= 0.3 is 19.8 Å².